The van der Waals surface area contributed by atoms with Gasteiger partial charge in [-0.05, 0) is 61.9 Å². The van der Waals surface area contributed by atoms with Gasteiger partial charge in [0.05, 0.1) is 0 Å². The summed E-state index contributed by atoms with van der Waals surface area (Å²) in [5.74, 6) is -0.246. The van der Waals surface area contributed by atoms with Crippen molar-refractivity contribution >= 4 is 29.1 Å². The highest BCUT2D eigenvalue weighted by Gasteiger charge is 2.31. The fourth-order valence-electron chi connectivity index (χ4n) is 3.62. The SMILES string of the molecule is CCC(C(=O)NCc1ccccc1)N(C(=O)C1=CCCCC1)c1ccc(Cl)cc1. The number of hydrogen-bond donors (Lipinski definition) is 1. The van der Waals surface area contributed by atoms with Crippen LogP contribution >= 0.6 is 11.6 Å². The molecule has 3 rings (SSSR count). The molecule has 0 heterocycles. The molecule has 2 aromatic rings. The number of halogens is 1. The number of amides is 2. The third kappa shape index (κ3) is 5.48. The number of allylic oxidation sites excluding steroid dienone is 1. The zero-order valence-electron chi connectivity index (χ0n) is 16.7. The van der Waals surface area contributed by atoms with Gasteiger partial charge in [-0.3, -0.25) is 14.5 Å². The molecule has 0 radical (unpaired) electrons. The summed E-state index contributed by atoms with van der Waals surface area (Å²) in [6, 6.07) is 16.3. The van der Waals surface area contributed by atoms with E-state index in [1.807, 2.05) is 43.3 Å². The van der Waals surface area contributed by atoms with Crippen LogP contribution in [0.1, 0.15) is 44.6 Å². The van der Waals surface area contributed by atoms with Crippen molar-refractivity contribution in [2.75, 3.05) is 4.90 Å². The highest BCUT2D eigenvalue weighted by atomic mass is 35.5. The van der Waals surface area contributed by atoms with Crippen molar-refractivity contribution in [3.05, 3.63) is 76.8 Å². The van der Waals surface area contributed by atoms with Crippen LogP contribution in [0.15, 0.2) is 66.2 Å². The number of carbonyl (C=O) groups excluding carboxylic acids is 2. The Morgan fingerprint density at radius 3 is 2.41 bits per heavy atom. The molecule has 0 fully saturated rings. The Bertz CT molecular complexity index is 862. The minimum atomic E-state index is -0.588. The van der Waals surface area contributed by atoms with Gasteiger partial charge in [-0.15, -0.1) is 0 Å². The zero-order chi connectivity index (χ0) is 20.6. The predicted molar refractivity (Wildman–Crippen MR) is 118 cm³/mol. The molecule has 0 spiro atoms. The molecular weight excluding hydrogens is 384 g/mol. The van der Waals surface area contributed by atoms with E-state index in [1.54, 1.807) is 29.2 Å². The lowest BCUT2D eigenvalue weighted by atomic mass is 9.97. The minimum Gasteiger partial charge on any atom is -0.350 e. The molecule has 2 aromatic carbocycles. The van der Waals surface area contributed by atoms with Gasteiger partial charge < -0.3 is 5.32 Å². The average Bonchev–Trinajstić information content (AvgIpc) is 2.77. The first-order chi connectivity index (χ1) is 14.1. The maximum atomic E-state index is 13.4. The van der Waals surface area contributed by atoms with Crippen molar-refractivity contribution in [3.8, 4) is 0 Å². The molecule has 1 aliphatic carbocycles. The van der Waals surface area contributed by atoms with Crippen molar-refractivity contribution in [2.24, 2.45) is 0 Å². The van der Waals surface area contributed by atoms with Crippen molar-refractivity contribution in [3.63, 3.8) is 0 Å². The molecule has 0 saturated carbocycles. The van der Waals surface area contributed by atoms with Crippen molar-refractivity contribution in [1.82, 2.24) is 5.32 Å². The van der Waals surface area contributed by atoms with Crippen LogP contribution in [0, 0.1) is 0 Å². The number of nitrogens with one attached hydrogen (secondary N) is 1. The van der Waals surface area contributed by atoms with Crippen LogP contribution < -0.4 is 10.2 Å². The lowest BCUT2D eigenvalue weighted by Crippen LogP contribution is -2.50. The summed E-state index contributed by atoms with van der Waals surface area (Å²) in [5.41, 5.74) is 2.50. The van der Waals surface area contributed by atoms with Gasteiger partial charge in [0.1, 0.15) is 6.04 Å². The first-order valence-electron chi connectivity index (χ1n) is 10.2. The second-order valence-corrected chi connectivity index (χ2v) is 7.69. The minimum absolute atomic E-state index is 0.0891. The van der Waals surface area contributed by atoms with E-state index in [1.165, 1.54) is 0 Å². The first kappa shape index (κ1) is 21.1. The van der Waals surface area contributed by atoms with Crippen molar-refractivity contribution in [2.45, 2.75) is 51.6 Å². The lowest BCUT2D eigenvalue weighted by Gasteiger charge is -2.32. The fourth-order valence-corrected chi connectivity index (χ4v) is 3.74. The molecule has 1 atom stereocenters. The molecule has 0 saturated heterocycles. The fraction of sp³-hybridized carbons (Fsp3) is 0.333. The normalized spacial score (nSPS) is 14.6. The van der Waals surface area contributed by atoms with Gasteiger partial charge in [0, 0.05) is 22.8 Å². The summed E-state index contributed by atoms with van der Waals surface area (Å²) in [6.45, 7) is 2.36. The Balaban J connectivity index is 1.85. The van der Waals surface area contributed by atoms with E-state index < -0.39 is 6.04 Å². The summed E-state index contributed by atoms with van der Waals surface area (Å²) in [4.78, 5) is 28.1. The van der Waals surface area contributed by atoms with Gasteiger partial charge in [-0.2, -0.15) is 0 Å². The second kappa shape index (κ2) is 10.3. The Morgan fingerprint density at radius 2 is 1.79 bits per heavy atom. The van der Waals surface area contributed by atoms with E-state index in [-0.39, 0.29) is 11.8 Å². The summed E-state index contributed by atoms with van der Waals surface area (Å²) < 4.78 is 0. The van der Waals surface area contributed by atoms with Crippen LogP contribution in [0.25, 0.3) is 0 Å². The third-order valence-electron chi connectivity index (χ3n) is 5.20. The van der Waals surface area contributed by atoms with Crippen LogP contribution in [0.2, 0.25) is 5.02 Å². The number of benzene rings is 2. The Hall–Kier alpha value is -2.59. The van der Waals surface area contributed by atoms with Gasteiger partial charge in [0.15, 0.2) is 0 Å². The summed E-state index contributed by atoms with van der Waals surface area (Å²) in [7, 11) is 0. The Labute approximate surface area is 177 Å². The van der Waals surface area contributed by atoms with Crippen LogP contribution in [0.3, 0.4) is 0 Å². The zero-order valence-corrected chi connectivity index (χ0v) is 17.5. The predicted octanol–water partition coefficient (Wildman–Crippen LogP) is 5.27. The molecule has 0 aromatic heterocycles. The maximum absolute atomic E-state index is 13.4. The van der Waals surface area contributed by atoms with E-state index in [0.29, 0.717) is 23.7 Å². The van der Waals surface area contributed by atoms with Gasteiger partial charge >= 0.3 is 0 Å². The number of anilines is 1. The van der Waals surface area contributed by atoms with Gasteiger partial charge in [-0.25, -0.2) is 0 Å². The van der Waals surface area contributed by atoms with E-state index in [4.69, 9.17) is 11.6 Å². The number of nitrogens with zero attached hydrogens (tertiary/aromatic N) is 1. The van der Waals surface area contributed by atoms with E-state index in [2.05, 4.69) is 5.32 Å². The molecule has 0 aliphatic heterocycles. The smallest absolute Gasteiger partial charge is 0.254 e. The summed E-state index contributed by atoms with van der Waals surface area (Å²) >= 11 is 6.04. The molecule has 2 amide bonds. The molecule has 1 N–H and O–H groups in total. The molecular formula is C24H27ClN2O2. The molecule has 4 nitrogen and oxygen atoms in total. The molecule has 1 aliphatic rings. The quantitative estimate of drug-likeness (QED) is 0.676. The van der Waals surface area contributed by atoms with E-state index >= 15 is 0 Å². The van der Waals surface area contributed by atoms with E-state index in [0.717, 1.165) is 36.8 Å². The Kier molecular flexibility index (Phi) is 7.48. The molecule has 29 heavy (non-hydrogen) atoms. The van der Waals surface area contributed by atoms with Crippen molar-refractivity contribution in [1.29, 1.82) is 0 Å². The van der Waals surface area contributed by atoms with Crippen LogP contribution in [0.4, 0.5) is 5.69 Å². The van der Waals surface area contributed by atoms with Crippen LogP contribution in [-0.2, 0) is 16.1 Å². The first-order valence-corrected chi connectivity index (χ1v) is 10.6. The average molecular weight is 411 g/mol. The molecule has 1 unspecified atom stereocenters. The summed E-state index contributed by atoms with van der Waals surface area (Å²) in [6.07, 6.45) is 6.30. The van der Waals surface area contributed by atoms with E-state index in [9.17, 15) is 9.59 Å². The third-order valence-corrected chi connectivity index (χ3v) is 5.45. The summed E-state index contributed by atoms with van der Waals surface area (Å²) in [5, 5.41) is 3.59. The second-order valence-electron chi connectivity index (χ2n) is 7.25. The van der Waals surface area contributed by atoms with Gasteiger partial charge in [-0.1, -0.05) is 54.9 Å². The maximum Gasteiger partial charge on any atom is 0.254 e. The highest BCUT2D eigenvalue weighted by Crippen LogP contribution is 2.27. The van der Waals surface area contributed by atoms with Crippen LogP contribution in [0.5, 0.6) is 0 Å². The highest BCUT2D eigenvalue weighted by molar-refractivity contribution is 6.30. The number of carbonyl (C=O) groups is 2. The standard InChI is InChI=1S/C24H27ClN2O2/c1-2-22(23(28)26-17-18-9-5-3-6-10-18)27(21-15-13-20(25)14-16-21)24(29)19-11-7-4-8-12-19/h3,5-6,9-11,13-16,22H,2,4,7-8,12,17H2,1H3,(H,26,28). The molecule has 0 bridgehead atoms. The lowest BCUT2D eigenvalue weighted by molar-refractivity contribution is -0.125. The number of hydrogen-bond acceptors (Lipinski definition) is 2. The largest absolute Gasteiger partial charge is 0.350 e. The topological polar surface area (TPSA) is 49.4 Å². The molecule has 152 valence electrons. The van der Waals surface area contributed by atoms with Gasteiger partial charge in [0.25, 0.3) is 5.91 Å². The van der Waals surface area contributed by atoms with Crippen molar-refractivity contribution < 1.29 is 9.59 Å². The van der Waals surface area contributed by atoms with Gasteiger partial charge in [0.2, 0.25) is 5.91 Å². The monoisotopic (exact) mass is 410 g/mol. The number of rotatable bonds is 7. The van der Waals surface area contributed by atoms with Crippen LogP contribution in [-0.4, -0.2) is 17.9 Å². The molecule has 5 heteroatoms. The Morgan fingerprint density at radius 1 is 1.07 bits per heavy atom.